The number of hydrogen-bond acceptors (Lipinski definition) is 9. The van der Waals surface area contributed by atoms with Crippen molar-refractivity contribution in [1.29, 1.82) is 0 Å². The predicted octanol–water partition coefficient (Wildman–Crippen LogP) is -3.68. The number of guanidine groups is 2. The lowest BCUT2D eigenvalue weighted by Gasteiger charge is -2.29. The Bertz CT molecular complexity index is 1300. The molecule has 16 N–H and O–H groups in total. The lowest BCUT2D eigenvalue weighted by molar-refractivity contribution is -0.141. The predicted molar refractivity (Wildman–Crippen MR) is 175 cm³/mol. The standard InChI is InChI=1S/C29H48N12O6/c1-16(24(44)40-21(6-3-13-37-29(34)35)27(47)41-14-4-7-22(41)23(31)43)38-26(46)20(5-2-12-36-28(32)33)39-25(45)19(30)15-17-8-10-18(42)11-9-17/h8-11,16,19-22,42H,2-7,12-15,30H2,1H3,(H2,31,43)(H,38,46)(H,39,45)(H,40,44)(H4,32,33,36)(H4,34,35,37)/t16-,19-,20-,21-,22-/m0/s1. The van der Waals surface area contributed by atoms with Gasteiger partial charge in [-0.1, -0.05) is 12.1 Å². The largest absolute Gasteiger partial charge is 0.508 e. The summed E-state index contributed by atoms with van der Waals surface area (Å²) in [6.07, 6.45) is 2.04. The first kappa shape index (κ1) is 38.1. The van der Waals surface area contributed by atoms with Crippen molar-refractivity contribution in [3.63, 3.8) is 0 Å². The fourth-order valence-corrected chi connectivity index (χ4v) is 4.99. The normalized spacial score (nSPS) is 16.6. The van der Waals surface area contributed by atoms with Gasteiger partial charge in [0.15, 0.2) is 11.9 Å². The highest BCUT2D eigenvalue weighted by Gasteiger charge is 2.37. The van der Waals surface area contributed by atoms with Crippen LogP contribution in [0.3, 0.4) is 0 Å². The number of aromatic hydroxyl groups is 1. The van der Waals surface area contributed by atoms with Gasteiger partial charge in [-0.25, -0.2) is 0 Å². The summed E-state index contributed by atoms with van der Waals surface area (Å²) < 4.78 is 0. The minimum Gasteiger partial charge on any atom is -0.508 e. The number of benzene rings is 1. The van der Waals surface area contributed by atoms with E-state index >= 15 is 0 Å². The van der Waals surface area contributed by atoms with E-state index in [0.717, 1.165) is 0 Å². The summed E-state index contributed by atoms with van der Waals surface area (Å²) in [4.78, 5) is 74.1. The Balaban J connectivity index is 2.12. The second kappa shape index (κ2) is 18.7. The Kier molecular flexibility index (Phi) is 15.2. The van der Waals surface area contributed by atoms with E-state index in [1.54, 1.807) is 12.1 Å². The van der Waals surface area contributed by atoms with Gasteiger partial charge in [-0.05, 0) is 69.6 Å². The van der Waals surface area contributed by atoms with Crippen LogP contribution < -0.4 is 50.4 Å². The molecule has 0 aromatic heterocycles. The highest BCUT2D eigenvalue weighted by molar-refractivity contribution is 5.95. The monoisotopic (exact) mass is 660 g/mol. The maximum absolute atomic E-state index is 13.4. The van der Waals surface area contributed by atoms with Gasteiger partial charge in [-0.2, -0.15) is 0 Å². The topological polar surface area (TPSA) is 326 Å². The van der Waals surface area contributed by atoms with Crippen LogP contribution in [-0.2, 0) is 30.4 Å². The molecule has 18 heteroatoms. The van der Waals surface area contributed by atoms with E-state index in [4.69, 9.17) is 34.4 Å². The zero-order chi connectivity index (χ0) is 35.1. The van der Waals surface area contributed by atoms with Crippen molar-refractivity contribution >= 4 is 41.5 Å². The number of nitrogens with zero attached hydrogens (tertiary/aromatic N) is 3. The Morgan fingerprint density at radius 1 is 0.851 bits per heavy atom. The van der Waals surface area contributed by atoms with Crippen LogP contribution in [0.15, 0.2) is 34.3 Å². The zero-order valence-corrected chi connectivity index (χ0v) is 26.6. The third-order valence-corrected chi connectivity index (χ3v) is 7.48. The SMILES string of the molecule is C[C@H](NC(=O)[C@H](CCCN=C(N)N)NC(=O)[C@@H](N)Cc1ccc(O)cc1)C(=O)N[C@@H](CCCN=C(N)N)C(=O)N1CCC[C@H]1C(N)=O. The van der Waals surface area contributed by atoms with E-state index in [1.807, 2.05) is 0 Å². The molecule has 0 bridgehead atoms. The number of nitrogens with one attached hydrogen (secondary N) is 3. The Hall–Kier alpha value is -5.13. The van der Waals surface area contributed by atoms with Gasteiger partial charge in [0.05, 0.1) is 6.04 Å². The molecule has 18 nitrogen and oxygen atoms in total. The Morgan fingerprint density at radius 3 is 1.96 bits per heavy atom. The minimum atomic E-state index is -1.14. The van der Waals surface area contributed by atoms with E-state index in [9.17, 15) is 29.1 Å². The first-order chi connectivity index (χ1) is 22.2. The van der Waals surface area contributed by atoms with E-state index in [1.165, 1.54) is 24.0 Å². The number of phenolic OH excluding ortho intramolecular Hbond substituents is 1. The summed E-state index contributed by atoms with van der Waals surface area (Å²) in [5, 5.41) is 17.4. The molecule has 260 valence electrons. The number of likely N-dealkylation sites (tertiary alicyclic amines) is 1. The summed E-state index contributed by atoms with van der Waals surface area (Å²) in [6.45, 7) is 2.11. The Labute approximate surface area is 273 Å². The van der Waals surface area contributed by atoms with Crippen LogP contribution in [-0.4, -0.2) is 101 Å². The van der Waals surface area contributed by atoms with Crippen LogP contribution in [0.5, 0.6) is 5.75 Å². The molecule has 0 spiro atoms. The lowest BCUT2D eigenvalue weighted by atomic mass is 10.0. The molecule has 1 aliphatic heterocycles. The number of primary amides is 1. The smallest absolute Gasteiger partial charge is 0.245 e. The van der Waals surface area contributed by atoms with Crippen LogP contribution >= 0.6 is 0 Å². The lowest BCUT2D eigenvalue weighted by Crippen LogP contribution is -2.58. The molecule has 1 aliphatic rings. The minimum absolute atomic E-state index is 0.0648. The molecule has 1 fully saturated rings. The summed E-state index contributed by atoms with van der Waals surface area (Å²) in [5.74, 6) is -3.28. The quantitative estimate of drug-likeness (QED) is 0.0415. The van der Waals surface area contributed by atoms with Crippen LogP contribution in [0.25, 0.3) is 0 Å². The van der Waals surface area contributed by atoms with Crippen molar-refractivity contribution in [3.8, 4) is 5.75 Å². The van der Waals surface area contributed by atoms with Crippen LogP contribution in [0.1, 0.15) is 51.0 Å². The molecular formula is C29H48N12O6. The fourth-order valence-electron chi connectivity index (χ4n) is 4.99. The van der Waals surface area contributed by atoms with Gasteiger partial charge >= 0.3 is 0 Å². The second-order valence-corrected chi connectivity index (χ2v) is 11.3. The number of hydrogen-bond donors (Lipinski definition) is 10. The van der Waals surface area contributed by atoms with Crippen LogP contribution in [0.2, 0.25) is 0 Å². The summed E-state index contributed by atoms with van der Waals surface area (Å²) >= 11 is 0. The summed E-state index contributed by atoms with van der Waals surface area (Å²) in [7, 11) is 0. The maximum Gasteiger partial charge on any atom is 0.245 e. The van der Waals surface area contributed by atoms with Crippen molar-refractivity contribution < 1.29 is 29.1 Å². The van der Waals surface area contributed by atoms with E-state index in [2.05, 4.69) is 25.9 Å². The fraction of sp³-hybridized carbons (Fsp3) is 0.552. The van der Waals surface area contributed by atoms with Crippen molar-refractivity contribution in [2.24, 2.45) is 44.4 Å². The van der Waals surface area contributed by atoms with Gasteiger partial charge in [-0.15, -0.1) is 0 Å². The molecule has 5 atom stereocenters. The van der Waals surface area contributed by atoms with Crippen LogP contribution in [0, 0.1) is 0 Å². The molecule has 1 aromatic rings. The van der Waals surface area contributed by atoms with Gasteiger partial charge < -0.3 is 60.4 Å². The zero-order valence-electron chi connectivity index (χ0n) is 26.6. The number of nitrogens with two attached hydrogens (primary N) is 6. The molecule has 0 saturated carbocycles. The van der Waals surface area contributed by atoms with Crippen molar-refractivity contribution in [2.75, 3.05) is 19.6 Å². The molecule has 2 rings (SSSR count). The molecule has 1 aromatic carbocycles. The van der Waals surface area contributed by atoms with Crippen molar-refractivity contribution in [1.82, 2.24) is 20.9 Å². The maximum atomic E-state index is 13.4. The number of amides is 5. The molecule has 47 heavy (non-hydrogen) atoms. The number of carbonyl (C=O) groups excluding carboxylic acids is 5. The molecule has 1 heterocycles. The average molecular weight is 661 g/mol. The van der Waals surface area contributed by atoms with Gasteiger partial charge in [0.2, 0.25) is 29.5 Å². The molecule has 0 aliphatic carbocycles. The van der Waals surface area contributed by atoms with E-state index in [0.29, 0.717) is 37.8 Å². The van der Waals surface area contributed by atoms with Crippen molar-refractivity contribution in [3.05, 3.63) is 29.8 Å². The average Bonchev–Trinajstić information content (AvgIpc) is 3.51. The number of rotatable bonds is 18. The van der Waals surface area contributed by atoms with Gasteiger partial charge in [0, 0.05) is 19.6 Å². The third-order valence-electron chi connectivity index (χ3n) is 7.48. The summed E-state index contributed by atoms with van der Waals surface area (Å²) in [5.41, 5.74) is 33.8. The number of aliphatic imine (C=N–C) groups is 2. The van der Waals surface area contributed by atoms with Gasteiger partial charge in [0.1, 0.15) is 29.9 Å². The van der Waals surface area contributed by atoms with Gasteiger partial charge in [-0.3, -0.25) is 34.0 Å². The third kappa shape index (κ3) is 13.0. The molecule has 0 unspecified atom stereocenters. The molecule has 0 radical (unpaired) electrons. The molecular weight excluding hydrogens is 612 g/mol. The number of phenols is 1. The first-order valence-corrected chi connectivity index (χ1v) is 15.3. The van der Waals surface area contributed by atoms with Crippen LogP contribution in [0.4, 0.5) is 0 Å². The number of carbonyl (C=O) groups is 5. The van der Waals surface area contributed by atoms with Crippen molar-refractivity contribution in [2.45, 2.75) is 82.1 Å². The van der Waals surface area contributed by atoms with E-state index < -0.39 is 59.7 Å². The second-order valence-electron chi connectivity index (χ2n) is 11.3. The molecule has 1 saturated heterocycles. The van der Waals surface area contributed by atoms with E-state index in [-0.39, 0.29) is 50.0 Å². The molecule has 5 amide bonds. The van der Waals surface area contributed by atoms with Gasteiger partial charge in [0.25, 0.3) is 0 Å². The Morgan fingerprint density at radius 2 is 1.40 bits per heavy atom. The highest BCUT2D eigenvalue weighted by atomic mass is 16.3. The summed E-state index contributed by atoms with van der Waals surface area (Å²) in [6, 6.07) is 1.08. The first-order valence-electron chi connectivity index (χ1n) is 15.3. The highest BCUT2D eigenvalue weighted by Crippen LogP contribution is 2.19.